The van der Waals surface area contributed by atoms with Gasteiger partial charge in [-0.05, 0) is 20.3 Å². The average Bonchev–Trinajstić information content (AvgIpc) is 2.28. The van der Waals surface area contributed by atoms with Crippen LogP contribution in [0.1, 0.15) is 65.7 Å². The molecule has 0 bridgehead atoms. The molecule has 0 radical (unpaired) electrons. The molecule has 4 heteroatoms. The third kappa shape index (κ3) is 10.1. The van der Waals surface area contributed by atoms with Crippen LogP contribution in [0.2, 0.25) is 0 Å². The van der Waals surface area contributed by atoms with E-state index in [-0.39, 0.29) is 18.4 Å². The lowest BCUT2D eigenvalue weighted by molar-refractivity contribution is -0.154. The first-order chi connectivity index (χ1) is 8.60. The van der Waals surface area contributed by atoms with Crippen LogP contribution in [-0.2, 0) is 19.1 Å². The van der Waals surface area contributed by atoms with Gasteiger partial charge in [-0.2, -0.15) is 0 Å². The Bertz CT molecular complexity index is 238. The number of hydrogen-bond donors (Lipinski definition) is 0. The van der Waals surface area contributed by atoms with Crippen molar-refractivity contribution in [2.75, 3.05) is 6.61 Å². The number of rotatable bonds is 10. The van der Waals surface area contributed by atoms with Crippen molar-refractivity contribution in [3.63, 3.8) is 0 Å². The molecule has 0 saturated heterocycles. The van der Waals surface area contributed by atoms with E-state index in [9.17, 15) is 9.59 Å². The van der Waals surface area contributed by atoms with Gasteiger partial charge in [-0.3, -0.25) is 9.59 Å². The fourth-order valence-corrected chi connectivity index (χ4v) is 1.65. The lowest BCUT2D eigenvalue weighted by atomic mass is 10.1. The zero-order valence-corrected chi connectivity index (χ0v) is 11.9. The fraction of sp³-hybridized carbons (Fsp3) is 0.857. The Hall–Kier alpha value is -1.06. The summed E-state index contributed by atoms with van der Waals surface area (Å²) in [6.45, 7) is 5.99. The summed E-state index contributed by atoms with van der Waals surface area (Å²) in [5, 5.41) is 0. The van der Waals surface area contributed by atoms with Gasteiger partial charge in [-0.1, -0.05) is 32.6 Å². The van der Waals surface area contributed by atoms with Gasteiger partial charge in [0.05, 0.1) is 13.0 Å². The number of carbonyl (C=O) groups is 2. The molecule has 0 aromatic rings. The maximum Gasteiger partial charge on any atom is 0.309 e. The van der Waals surface area contributed by atoms with Gasteiger partial charge in [0, 0.05) is 6.42 Å². The smallest absolute Gasteiger partial charge is 0.309 e. The Balaban J connectivity index is 3.58. The van der Waals surface area contributed by atoms with E-state index >= 15 is 0 Å². The molecule has 0 spiro atoms. The van der Waals surface area contributed by atoms with E-state index in [0.717, 1.165) is 12.8 Å². The van der Waals surface area contributed by atoms with Crippen LogP contribution in [0.15, 0.2) is 0 Å². The summed E-state index contributed by atoms with van der Waals surface area (Å²) < 4.78 is 9.92. The van der Waals surface area contributed by atoms with E-state index in [1.807, 2.05) is 0 Å². The molecule has 0 saturated carbocycles. The van der Waals surface area contributed by atoms with Gasteiger partial charge in [0.2, 0.25) is 0 Å². The zero-order valence-electron chi connectivity index (χ0n) is 11.9. The molecule has 0 aliphatic rings. The normalized spacial score (nSPS) is 11.9. The molecule has 0 unspecified atom stereocenters. The van der Waals surface area contributed by atoms with Gasteiger partial charge in [0.1, 0.15) is 6.10 Å². The van der Waals surface area contributed by atoms with E-state index < -0.39 is 6.10 Å². The van der Waals surface area contributed by atoms with Crippen molar-refractivity contribution in [3.8, 4) is 0 Å². The standard InChI is InChI=1S/C14H26O4/c1-4-6-7-8-9-10-13(15)18-12(3)11-14(16)17-5-2/h12H,4-11H2,1-3H3/t12-/m1/s1. The second-order valence-corrected chi connectivity index (χ2v) is 4.47. The van der Waals surface area contributed by atoms with Crippen LogP contribution >= 0.6 is 0 Å². The highest BCUT2D eigenvalue weighted by atomic mass is 16.6. The maximum absolute atomic E-state index is 11.5. The van der Waals surface area contributed by atoms with Gasteiger partial charge in [-0.25, -0.2) is 0 Å². The predicted molar refractivity (Wildman–Crippen MR) is 70.2 cm³/mol. The topological polar surface area (TPSA) is 52.6 Å². The molecule has 0 amide bonds. The highest BCUT2D eigenvalue weighted by Gasteiger charge is 2.14. The van der Waals surface area contributed by atoms with Crippen LogP contribution in [0, 0.1) is 0 Å². The molecule has 4 nitrogen and oxygen atoms in total. The molecular formula is C14H26O4. The first-order valence-corrected chi connectivity index (χ1v) is 6.95. The van der Waals surface area contributed by atoms with E-state index in [1.54, 1.807) is 13.8 Å². The molecule has 0 aromatic carbocycles. The van der Waals surface area contributed by atoms with Crippen molar-refractivity contribution < 1.29 is 19.1 Å². The highest BCUT2D eigenvalue weighted by Crippen LogP contribution is 2.08. The Kier molecular flexibility index (Phi) is 10.4. The molecule has 106 valence electrons. The van der Waals surface area contributed by atoms with Gasteiger partial charge in [0.15, 0.2) is 0 Å². The third-order valence-corrected chi connectivity index (χ3v) is 2.58. The van der Waals surface area contributed by atoms with Crippen LogP contribution < -0.4 is 0 Å². The Morgan fingerprint density at radius 2 is 1.67 bits per heavy atom. The molecule has 0 heterocycles. The van der Waals surface area contributed by atoms with Crippen LogP contribution in [-0.4, -0.2) is 24.6 Å². The number of ether oxygens (including phenoxy) is 2. The Labute approximate surface area is 110 Å². The molecule has 1 atom stereocenters. The number of hydrogen-bond acceptors (Lipinski definition) is 4. The second kappa shape index (κ2) is 11.1. The lowest BCUT2D eigenvalue weighted by Gasteiger charge is -2.12. The Morgan fingerprint density at radius 1 is 1.00 bits per heavy atom. The lowest BCUT2D eigenvalue weighted by Crippen LogP contribution is -2.19. The minimum Gasteiger partial charge on any atom is -0.466 e. The largest absolute Gasteiger partial charge is 0.466 e. The van der Waals surface area contributed by atoms with E-state index in [4.69, 9.17) is 9.47 Å². The van der Waals surface area contributed by atoms with Crippen molar-refractivity contribution in [1.29, 1.82) is 0 Å². The van der Waals surface area contributed by atoms with Gasteiger partial charge in [-0.15, -0.1) is 0 Å². The minimum absolute atomic E-state index is 0.134. The molecule has 0 aliphatic carbocycles. The summed E-state index contributed by atoms with van der Waals surface area (Å²) in [5.74, 6) is -0.538. The number of esters is 2. The SMILES string of the molecule is CCCCCCCC(=O)O[C@H](C)CC(=O)OCC. The fourth-order valence-electron chi connectivity index (χ4n) is 1.65. The summed E-state index contributed by atoms with van der Waals surface area (Å²) in [4.78, 5) is 22.6. The van der Waals surface area contributed by atoms with Crippen molar-refractivity contribution in [1.82, 2.24) is 0 Å². The summed E-state index contributed by atoms with van der Waals surface area (Å²) in [6.07, 6.45) is 5.69. The quantitative estimate of drug-likeness (QED) is 0.446. The first kappa shape index (κ1) is 16.9. The zero-order chi connectivity index (χ0) is 13.8. The highest BCUT2D eigenvalue weighted by molar-refractivity contribution is 5.72. The van der Waals surface area contributed by atoms with E-state index in [0.29, 0.717) is 13.0 Å². The van der Waals surface area contributed by atoms with Gasteiger partial charge < -0.3 is 9.47 Å². The predicted octanol–water partition coefficient (Wildman–Crippen LogP) is 3.23. The van der Waals surface area contributed by atoms with E-state index in [1.165, 1.54) is 19.3 Å². The van der Waals surface area contributed by atoms with Crippen molar-refractivity contribution >= 4 is 11.9 Å². The summed E-state index contributed by atoms with van der Waals surface area (Å²) in [6, 6.07) is 0. The van der Waals surface area contributed by atoms with Crippen LogP contribution in [0.25, 0.3) is 0 Å². The van der Waals surface area contributed by atoms with Crippen LogP contribution in [0.3, 0.4) is 0 Å². The number of carbonyl (C=O) groups excluding carboxylic acids is 2. The van der Waals surface area contributed by atoms with Crippen molar-refractivity contribution in [2.24, 2.45) is 0 Å². The molecule has 0 aromatic heterocycles. The molecule has 0 N–H and O–H groups in total. The molecule has 18 heavy (non-hydrogen) atoms. The van der Waals surface area contributed by atoms with Crippen LogP contribution in [0.5, 0.6) is 0 Å². The average molecular weight is 258 g/mol. The molecule has 0 fully saturated rings. The van der Waals surface area contributed by atoms with Gasteiger partial charge >= 0.3 is 11.9 Å². The summed E-state index contributed by atoms with van der Waals surface area (Å²) in [7, 11) is 0. The van der Waals surface area contributed by atoms with Gasteiger partial charge in [0.25, 0.3) is 0 Å². The molecular weight excluding hydrogens is 232 g/mol. The minimum atomic E-state index is -0.396. The third-order valence-electron chi connectivity index (χ3n) is 2.58. The van der Waals surface area contributed by atoms with E-state index in [2.05, 4.69) is 6.92 Å². The molecule has 0 rings (SSSR count). The maximum atomic E-state index is 11.5. The monoisotopic (exact) mass is 258 g/mol. The van der Waals surface area contributed by atoms with Crippen molar-refractivity contribution in [3.05, 3.63) is 0 Å². The second-order valence-electron chi connectivity index (χ2n) is 4.47. The van der Waals surface area contributed by atoms with Crippen molar-refractivity contribution in [2.45, 2.75) is 71.8 Å². The first-order valence-electron chi connectivity index (χ1n) is 6.95. The molecule has 0 aliphatic heterocycles. The summed E-state index contributed by atoms with van der Waals surface area (Å²) in [5.41, 5.74) is 0. The van der Waals surface area contributed by atoms with Crippen LogP contribution in [0.4, 0.5) is 0 Å². The Morgan fingerprint density at radius 3 is 2.28 bits per heavy atom. The number of unbranched alkanes of at least 4 members (excludes halogenated alkanes) is 4. The summed E-state index contributed by atoms with van der Waals surface area (Å²) >= 11 is 0.